The minimum Gasteiger partial charge on any atom is -0.444 e. The van der Waals surface area contributed by atoms with Crippen molar-refractivity contribution in [3.63, 3.8) is 0 Å². The van der Waals surface area contributed by atoms with Gasteiger partial charge in [0.05, 0.1) is 0 Å². The molecule has 5 nitrogen and oxygen atoms in total. The lowest BCUT2D eigenvalue weighted by Crippen LogP contribution is -2.43. The maximum atomic E-state index is 12.0. The largest absolute Gasteiger partial charge is 0.444 e. The Bertz CT molecular complexity index is 457. The van der Waals surface area contributed by atoms with Crippen molar-refractivity contribution in [2.24, 2.45) is 5.92 Å². The highest BCUT2D eigenvalue weighted by Gasteiger charge is 2.26. The Kier molecular flexibility index (Phi) is 5.51. The van der Waals surface area contributed by atoms with Gasteiger partial charge in [0.2, 0.25) is 0 Å². The van der Waals surface area contributed by atoms with Crippen molar-refractivity contribution in [2.45, 2.75) is 52.2 Å². The van der Waals surface area contributed by atoms with Crippen molar-refractivity contribution in [3.8, 4) is 0 Å². The first-order valence-electron chi connectivity index (χ1n) is 8.20. The molecule has 5 heteroatoms. The lowest BCUT2D eigenvalue weighted by Gasteiger charge is -2.33. The molecule has 0 radical (unpaired) electrons. The SMILES string of the molecule is CC(NCC1CCN(C(=O)OC(C)(C)C)CC1)c1ccc[nH]1. The lowest BCUT2D eigenvalue weighted by molar-refractivity contribution is 0.0183. The summed E-state index contributed by atoms with van der Waals surface area (Å²) in [5.41, 5.74) is 0.798. The van der Waals surface area contributed by atoms with Crippen LogP contribution in [-0.4, -0.2) is 41.2 Å². The smallest absolute Gasteiger partial charge is 0.410 e. The molecule has 0 saturated carbocycles. The van der Waals surface area contributed by atoms with E-state index >= 15 is 0 Å². The molecule has 1 aliphatic heterocycles. The quantitative estimate of drug-likeness (QED) is 0.897. The maximum absolute atomic E-state index is 12.0. The van der Waals surface area contributed by atoms with Crippen molar-refractivity contribution in [2.75, 3.05) is 19.6 Å². The van der Waals surface area contributed by atoms with Crippen LogP contribution in [0.4, 0.5) is 4.79 Å². The third-order valence-corrected chi connectivity index (χ3v) is 4.07. The predicted octanol–water partition coefficient (Wildman–Crippen LogP) is 3.31. The Morgan fingerprint density at radius 1 is 1.45 bits per heavy atom. The summed E-state index contributed by atoms with van der Waals surface area (Å²) >= 11 is 0. The molecule has 1 fully saturated rings. The molecule has 22 heavy (non-hydrogen) atoms. The van der Waals surface area contributed by atoms with Gasteiger partial charge in [0.1, 0.15) is 5.60 Å². The second-order valence-corrected chi connectivity index (χ2v) is 7.17. The molecule has 0 aromatic carbocycles. The summed E-state index contributed by atoms with van der Waals surface area (Å²) in [6, 6.07) is 4.45. The Labute approximate surface area is 133 Å². The molecule has 1 aliphatic rings. The normalized spacial score (nSPS) is 18.3. The van der Waals surface area contributed by atoms with Crippen LogP contribution in [0.1, 0.15) is 52.3 Å². The number of hydrogen-bond donors (Lipinski definition) is 2. The zero-order chi connectivity index (χ0) is 16.2. The molecule has 0 bridgehead atoms. The third-order valence-electron chi connectivity index (χ3n) is 4.07. The number of ether oxygens (including phenoxy) is 1. The number of carbonyl (C=O) groups is 1. The number of piperidine rings is 1. The van der Waals surface area contributed by atoms with E-state index in [1.165, 1.54) is 5.69 Å². The zero-order valence-corrected chi connectivity index (χ0v) is 14.2. The zero-order valence-electron chi connectivity index (χ0n) is 14.2. The number of nitrogens with one attached hydrogen (secondary N) is 2. The predicted molar refractivity (Wildman–Crippen MR) is 87.7 cm³/mol. The molecule has 0 aliphatic carbocycles. The van der Waals surface area contributed by atoms with Gasteiger partial charge >= 0.3 is 6.09 Å². The van der Waals surface area contributed by atoms with E-state index in [4.69, 9.17) is 4.74 Å². The molecule has 1 atom stereocenters. The van der Waals surface area contributed by atoms with Gasteiger partial charge in [-0.05, 0) is 65.1 Å². The van der Waals surface area contributed by atoms with Crippen molar-refractivity contribution < 1.29 is 9.53 Å². The van der Waals surface area contributed by atoms with E-state index in [0.717, 1.165) is 32.5 Å². The van der Waals surface area contributed by atoms with E-state index in [1.54, 1.807) is 0 Å². The number of hydrogen-bond acceptors (Lipinski definition) is 3. The molecular formula is C17H29N3O2. The van der Waals surface area contributed by atoms with Gasteiger partial charge in [0, 0.05) is 31.0 Å². The van der Waals surface area contributed by atoms with Crippen LogP contribution in [0, 0.1) is 5.92 Å². The number of aromatic nitrogens is 1. The van der Waals surface area contributed by atoms with Crippen molar-refractivity contribution in [3.05, 3.63) is 24.0 Å². The van der Waals surface area contributed by atoms with Gasteiger partial charge in [-0.1, -0.05) is 0 Å². The Morgan fingerprint density at radius 3 is 2.68 bits per heavy atom. The fourth-order valence-electron chi connectivity index (χ4n) is 2.71. The number of carbonyl (C=O) groups excluding carboxylic acids is 1. The van der Waals surface area contributed by atoms with Gasteiger partial charge in [-0.3, -0.25) is 0 Å². The van der Waals surface area contributed by atoms with Crippen molar-refractivity contribution >= 4 is 6.09 Å². The molecule has 1 saturated heterocycles. The van der Waals surface area contributed by atoms with Gasteiger partial charge in [-0.25, -0.2) is 4.79 Å². The number of nitrogens with zero attached hydrogens (tertiary/aromatic N) is 1. The van der Waals surface area contributed by atoms with E-state index in [2.05, 4.69) is 23.3 Å². The first-order chi connectivity index (χ1) is 10.3. The summed E-state index contributed by atoms with van der Waals surface area (Å²) < 4.78 is 5.43. The van der Waals surface area contributed by atoms with Gasteiger partial charge in [0.25, 0.3) is 0 Å². The highest BCUT2D eigenvalue weighted by atomic mass is 16.6. The van der Waals surface area contributed by atoms with Gasteiger partial charge in [0.15, 0.2) is 0 Å². The van der Waals surface area contributed by atoms with Crippen LogP contribution in [0.25, 0.3) is 0 Å². The second kappa shape index (κ2) is 7.18. The standard InChI is InChI=1S/C17H29N3O2/c1-13(15-6-5-9-18-15)19-12-14-7-10-20(11-8-14)16(21)22-17(2,3)4/h5-6,9,13-14,18-19H,7-8,10-12H2,1-4H3. The van der Waals surface area contributed by atoms with E-state index < -0.39 is 5.60 Å². The molecule has 1 aromatic heterocycles. The van der Waals surface area contributed by atoms with Gasteiger partial charge < -0.3 is 19.9 Å². The van der Waals surface area contributed by atoms with Gasteiger partial charge in [-0.15, -0.1) is 0 Å². The molecule has 2 N–H and O–H groups in total. The third kappa shape index (κ3) is 5.05. The van der Waals surface area contributed by atoms with Crippen LogP contribution < -0.4 is 5.32 Å². The molecule has 2 heterocycles. The van der Waals surface area contributed by atoms with Crippen LogP contribution in [0.15, 0.2) is 18.3 Å². The summed E-state index contributed by atoms with van der Waals surface area (Å²) in [4.78, 5) is 17.1. The number of likely N-dealkylation sites (tertiary alicyclic amines) is 1. The van der Waals surface area contributed by atoms with Crippen LogP contribution in [0.3, 0.4) is 0 Å². The summed E-state index contributed by atoms with van der Waals surface area (Å²) in [5, 5.41) is 3.57. The first kappa shape index (κ1) is 16.9. The molecule has 2 rings (SSSR count). The van der Waals surface area contributed by atoms with Crippen LogP contribution >= 0.6 is 0 Å². The summed E-state index contributed by atoms with van der Waals surface area (Å²) in [6.45, 7) is 10.5. The molecule has 1 amide bonds. The average Bonchev–Trinajstić information content (AvgIpc) is 2.97. The monoisotopic (exact) mass is 307 g/mol. The Hall–Kier alpha value is -1.49. The molecular weight excluding hydrogens is 278 g/mol. The van der Waals surface area contributed by atoms with E-state index in [0.29, 0.717) is 12.0 Å². The fourth-order valence-corrected chi connectivity index (χ4v) is 2.71. The lowest BCUT2D eigenvalue weighted by atomic mass is 9.96. The van der Waals surface area contributed by atoms with Crippen molar-refractivity contribution in [1.82, 2.24) is 15.2 Å². The maximum Gasteiger partial charge on any atom is 0.410 e. The van der Waals surface area contributed by atoms with E-state index in [9.17, 15) is 4.79 Å². The number of rotatable bonds is 4. The second-order valence-electron chi connectivity index (χ2n) is 7.17. The Balaban J connectivity index is 1.70. The molecule has 124 valence electrons. The summed E-state index contributed by atoms with van der Waals surface area (Å²) in [7, 11) is 0. The molecule has 1 aromatic rings. The topological polar surface area (TPSA) is 57.4 Å². The van der Waals surface area contributed by atoms with Crippen LogP contribution in [0.5, 0.6) is 0 Å². The highest BCUT2D eigenvalue weighted by Crippen LogP contribution is 2.20. The fraction of sp³-hybridized carbons (Fsp3) is 0.706. The van der Waals surface area contributed by atoms with Gasteiger partial charge in [-0.2, -0.15) is 0 Å². The van der Waals surface area contributed by atoms with Crippen LogP contribution in [-0.2, 0) is 4.74 Å². The minimum absolute atomic E-state index is 0.182. The molecule has 1 unspecified atom stereocenters. The van der Waals surface area contributed by atoms with Crippen LogP contribution in [0.2, 0.25) is 0 Å². The Morgan fingerprint density at radius 2 is 2.14 bits per heavy atom. The molecule has 0 spiro atoms. The number of H-pyrrole nitrogens is 1. The first-order valence-corrected chi connectivity index (χ1v) is 8.20. The number of aromatic amines is 1. The van der Waals surface area contributed by atoms with Crippen molar-refractivity contribution in [1.29, 1.82) is 0 Å². The average molecular weight is 307 g/mol. The number of amides is 1. The summed E-state index contributed by atoms with van der Waals surface area (Å²) in [6.07, 6.45) is 3.83. The van der Waals surface area contributed by atoms with E-state index in [1.807, 2.05) is 37.9 Å². The minimum atomic E-state index is -0.416. The van der Waals surface area contributed by atoms with E-state index in [-0.39, 0.29) is 6.09 Å². The summed E-state index contributed by atoms with van der Waals surface area (Å²) in [5.74, 6) is 0.621. The highest BCUT2D eigenvalue weighted by molar-refractivity contribution is 5.68.